The van der Waals surface area contributed by atoms with Crippen molar-refractivity contribution in [2.75, 3.05) is 11.9 Å². The maximum Gasteiger partial charge on any atom is 0.252 e. The quantitative estimate of drug-likeness (QED) is 0.816. The summed E-state index contributed by atoms with van der Waals surface area (Å²) in [5, 5.41) is 3.27. The molecule has 2 rings (SSSR count). The van der Waals surface area contributed by atoms with Gasteiger partial charge in [-0.15, -0.1) is 0 Å². The van der Waals surface area contributed by atoms with Gasteiger partial charge in [0, 0.05) is 19.0 Å². The second kappa shape index (κ2) is 5.14. The van der Waals surface area contributed by atoms with Gasteiger partial charge in [-0.2, -0.15) is 0 Å². The third-order valence-electron chi connectivity index (χ3n) is 3.17. The summed E-state index contributed by atoms with van der Waals surface area (Å²) in [6.07, 6.45) is 6.05. The van der Waals surface area contributed by atoms with E-state index < -0.39 is 0 Å². The molecule has 0 saturated heterocycles. The molecule has 0 aromatic carbocycles. The highest BCUT2D eigenvalue weighted by atomic mass is 16.1. The van der Waals surface area contributed by atoms with Gasteiger partial charge in [0.1, 0.15) is 11.6 Å². The third-order valence-corrected chi connectivity index (χ3v) is 3.17. The fraction of sp³-hybridized carbons (Fsp3) is 0.667. The zero-order valence-corrected chi connectivity index (χ0v) is 9.75. The predicted molar refractivity (Wildman–Crippen MR) is 64.7 cm³/mol. The molecule has 1 aliphatic rings. The predicted octanol–water partition coefficient (Wildman–Crippen LogP) is 1.93. The van der Waals surface area contributed by atoms with Crippen molar-refractivity contribution in [1.82, 2.24) is 9.97 Å². The topological polar surface area (TPSA) is 57.8 Å². The Morgan fingerprint density at radius 2 is 2.25 bits per heavy atom. The summed E-state index contributed by atoms with van der Waals surface area (Å²) in [4.78, 5) is 18.4. The van der Waals surface area contributed by atoms with Crippen LogP contribution in [0.25, 0.3) is 0 Å². The molecule has 0 spiro atoms. The van der Waals surface area contributed by atoms with Gasteiger partial charge in [-0.1, -0.05) is 19.8 Å². The number of anilines is 1. The number of nitrogens with one attached hydrogen (secondary N) is 2. The minimum Gasteiger partial charge on any atom is -0.370 e. The van der Waals surface area contributed by atoms with E-state index in [2.05, 4.69) is 15.3 Å². The van der Waals surface area contributed by atoms with Crippen LogP contribution in [0.1, 0.15) is 38.4 Å². The molecule has 0 amide bonds. The SMILES string of the molecule is CCc1nc(NCC2CCCC2)cc(=O)[nH]1. The Kier molecular flexibility index (Phi) is 3.59. The molecule has 16 heavy (non-hydrogen) atoms. The smallest absolute Gasteiger partial charge is 0.252 e. The van der Waals surface area contributed by atoms with Crippen molar-refractivity contribution in [3.05, 3.63) is 22.2 Å². The lowest BCUT2D eigenvalue weighted by molar-refractivity contribution is 0.578. The summed E-state index contributed by atoms with van der Waals surface area (Å²) >= 11 is 0. The van der Waals surface area contributed by atoms with E-state index in [1.54, 1.807) is 0 Å². The number of nitrogens with zero attached hydrogens (tertiary/aromatic N) is 1. The van der Waals surface area contributed by atoms with Crippen molar-refractivity contribution in [3.63, 3.8) is 0 Å². The van der Waals surface area contributed by atoms with Crippen LogP contribution in [0.2, 0.25) is 0 Å². The lowest BCUT2D eigenvalue weighted by Gasteiger charge is -2.11. The van der Waals surface area contributed by atoms with Crippen LogP contribution in [0, 0.1) is 5.92 Å². The fourth-order valence-electron chi connectivity index (χ4n) is 2.23. The summed E-state index contributed by atoms with van der Waals surface area (Å²) in [5.41, 5.74) is -0.0687. The van der Waals surface area contributed by atoms with Gasteiger partial charge in [0.15, 0.2) is 0 Å². The van der Waals surface area contributed by atoms with Crippen LogP contribution >= 0.6 is 0 Å². The molecule has 2 N–H and O–H groups in total. The molecule has 1 aromatic heterocycles. The molecule has 1 aliphatic carbocycles. The van der Waals surface area contributed by atoms with Crippen LogP contribution in [-0.2, 0) is 6.42 Å². The second-order valence-corrected chi connectivity index (χ2v) is 4.46. The highest BCUT2D eigenvalue weighted by Gasteiger charge is 2.14. The number of aryl methyl sites for hydroxylation is 1. The van der Waals surface area contributed by atoms with Gasteiger partial charge >= 0.3 is 0 Å². The fourth-order valence-corrected chi connectivity index (χ4v) is 2.23. The van der Waals surface area contributed by atoms with Crippen LogP contribution in [0.3, 0.4) is 0 Å². The molecule has 0 unspecified atom stereocenters. The van der Waals surface area contributed by atoms with Crippen LogP contribution in [0.15, 0.2) is 10.9 Å². The van der Waals surface area contributed by atoms with E-state index in [-0.39, 0.29) is 5.56 Å². The molecule has 4 nitrogen and oxygen atoms in total. The van der Waals surface area contributed by atoms with Crippen molar-refractivity contribution < 1.29 is 0 Å². The molecule has 4 heteroatoms. The minimum absolute atomic E-state index is 0.0687. The lowest BCUT2D eigenvalue weighted by atomic mass is 10.1. The first-order valence-electron chi connectivity index (χ1n) is 6.12. The molecule has 1 heterocycles. The van der Waals surface area contributed by atoms with Crippen molar-refractivity contribution >= 4 is 5.82 Å². The van der Waals surface area contributed by atoms with Gasteiger partial charge < -0.3 is 10.3 Å². The van der Waals surface area contributed by atoms with Crippen molar-refractivity contribution in [3.8, 4) is 0 Å². The highest BCUT2D eigenvalue weighted by Crippen LogP contribution is 2.24. The normalized spacial score (nSPS) is 16.6. The molecule has 0 aliphatic heterocycles. The molecular weight excluding hydrogens is 202 g/mol. The van der Waals surface area contributed by atoms with Crippen LogP contribution in [0.5, 0.6) is 0 Å². The second-order valence-electron chi connectivity index (χ2n) is 4.46. The molecule has 0 radical (unpaired) electrons. The van der Waals surface area contributed by atoms with Crippen molar-refractivity contribution in [2.45, 2.75) is 39.0 Å². The number of rotatable bonds is 4. The zero-order valence-electron chi connectivity index (χ0n) is 9.75. The van der Waals surface area contributed by atoms with E-state index >= 15 is 0 Å². The number of hydrogen-bond acceptors (Lipinski definition) is 3. The third kappa shape index (κ3) is 2.84. The average Bonchev–Trinajstić information content (AvgIpc) is 2.78. The van der Waals surface area contributed by atoms with Gasteiger partial charge in [-0.25, -0.2) is 4.98 Å². The van der Waals surface area contributed by atoms with E-state index in [0.717, 1.165) is 24.7 Å². The van der Waals surface area contributed by atoms with Crippen LogP contribution < -0.4 is 10.9 Å². The lowest BCUT2D eigenvalue weighted by Crippen LogP contribution is -2.16. The van der Waals surface area contributed by atoms with Gasteiger partial charge in [0.05, 0.1) is 0 Å². The standard InChI is InChI=1S/C12H19N3O/c1-2-10-14-11(7-12(16)15-10)13-8-9-5-3-4-6-9/h7,9H,2-6,8H2,1H3,(H2,13,14,15,16). The Morgan fingerprint density at radius 1 is 1.50 bits per heavy atom. The Morgan fingerprint density at radius 3 is 2.94 bits per heavy atom. The van der Waals surface area contributed by atoms with Gasteiger partial charge in [-0.3, -0.25) is 4.79 Å². The number of hydrogen-bond donors (Lipinski definition) is 2. The highest BCUT2D eigenvalue weighted by molar-refractivity contribution is 5.32. The van der Waals surface area contributed by atoms with E-state index in [0.29, 0.717) is 5.82 Å². The first kappa shape index (κ1) is 11.2. The van der Waals surface area contributed by atoms with E-state index in [1.165, 1.54) is 31.7 Å². The maximum atomic E-state index is 11.3. The monoisotopic (exact) mass is 221 g/mol. The molecule has 88 valence electrons. The van der Waals surface area contributed by atoms with Crippen LogP contribution in [0.4, 0.5) is 5.82 Å². The Labute approximate surface area is 95.5 Å². The molecule has 0 atom stereocenters. The first-order chi connectivity index (χ1) is 7.78. The molecular formula is C12H19N3O. The number of aromatic nitrogens is 2. The minimum atomic E-state index is -0.0687. The number of H-pyrrole nitrogens is 1. The first-order valence-corrected chi connectivity index (χ1v) is 6.12. The molecule has 0 bridgehead atoms. The van der Waals surface area contributed by atoms with E-state index in [9.17, 15) is 4.79 Å². The summed E-state index contributed by atoms with van der Waals surface area (Å²) in [6.45, 7) is 2.93. The Hall–Kier alpha value is -1.32. The Balaban J connectivity index is 1.97. The largest absolute Gasteiger partial charge is 0.370 e. The van der Waals surface area contributed by atoms with Crippen LogP contribution in [-0.4, -0.2) is 16.5 Å². The van der Waals surface area contributed by atoms with Gasteiger partial charge in [0.25, 0.3) is 5.56 Å². The zero-order chi connectivity index (χ0) is 11.4. The summed E-state index contributed by atoms with van der Waals surface area (Å²) < 4.78 is 0. The Bertz CT molecular complexity index is 393. The molecule has 1 aromatic rings. The summed E-state index contributed by atoms with van der Waals surface area (Å²) in [6, 6.07) is 1.54. The molecule has 1 fully saturated rings. The average molecular weight is 221 g/mol. The molecule has 1 saturated carbocycles. The van der Waals surface area contributed by atoms with E-state index in [4.69, 9.17) is 0 Å². The van der Waals surface area contributed by atoms with Gasteiger partial charge in [0.2, 0.25) is 0 Å². The van der Waals surface area contributed by atoms with E-state index in [1.807, 2.05) is 6.92 Å². The van der Waals surface area contributed by atoms with Crippen molar-refractivity contribution in [2.24, 2.45) is 5.92 Å². The van der Waals surface area contributed by atoms with Gasteiger partial charge in [-0.05, 0) is 18.8 Å². The summed E-state index contributed by atoms with van der Waals surface area (Å²) in [7, 11) is 0. The summed E-state index contributed by atoms with van der Waals surface area (Å²) in [5.74, 6) is 2.22. The maximum absolute atomic E-state index is 11.3. The van der Waals surface area contributed by atoms with Crippen molar-refractivity contribution in [1.29, 1.82) is 0 Å². The number of aromatic amines is 1.